The third-order valence-electron chi connectivity index (χ3n) is 4.38. The predicted molar refractivity (Wildman–Crippen MR) is 81.1 cm³/mol. The van der Waals surface area contributed by atoms with Gasteiger partial charge in [-0.05, 0) is 50.8 Å². The minimum atomic E-state index is -0.477. The normalized spacial score (nSPS) is 30.7. The molecule has 0 heterocycles. The van der Waals surface area contributed by atoms with Crippen LogP contribution in [0.5, 0.6) is 0 Å². The average molecular weight is 286 g/mol. The Hall–Kier alpha value is -1.61. The van der Waals surface area contributed by atoms with Gasteiger partial charge in [0.1, 0.15) is 5.60 Å². The molecule has 3 rings (SSSR count). The van der Waals surface area contributed by atoms with Crippen LogP contribution in [0.4, 0.5) is 0 Å². The molecule has 0 aromatic heterocycles. The van der Waals surface area contributed by atoms with E-state index in [0.29, 0.717) is 17.4 Å². The van der Waals surface area contributed by atoms with E-state index in [2.05, 4.69) is 12.2 Å². The van der Waals surface area contributed by atoms with E-state index in [1.54, 1.807) is 0 Å². The third-order valence-corrected chi connectivity index (χ3v) is 4.38. The van der Waals surface area contributed by atoms with Crippen molar-refractivity contribution in [2.75, 3.05) is 0 Å². The molecular formula is C18H22O3. The minimum Gasteiger partial charge on any atom is -0.456 e. The van der Waals surface area contributed by atoms with Gasteiger partial charge in [-0.3, -0.25) is 0 Å². The number of aliphatic hydroxyl groups excluding tert-OH is 1. The van der Waals surface area contributed by atoms with Crippen LogP contribution in [0.1, 0.15) is 49.0 Å². The molecule has 0 amide bonds. The van der Waals surface area contributed by atoms with Gasteiger partial charge in [-0.1, -0.05) is 24.3 Å². The second kappa shape index (κ2) is 4.99. The molecule has 1 fully saturated rings. The van der Waals surface area contributed by atoms with Gasteiger partial charge in [0, 0.05) is 11.8 Å². The van der Waals surface area contributed by atoms with Gasteiger partial charge < -0.3 is 9.84 Å². The zero-order valence-electron chi connectivity index (χ0n) is 12.7. The Kier molecular flexibility index (Phi) is 3.40. The molecule has 112 valence electrons. The van der Waals surface area contributed by atoms with Gasteiger partial charge in [0.25, 0.3) is 0 Å². The molecule has 4 atom stereocenters. The fourth-order valence-corrected chi connectivity index (χ4v) is 3.39. The van der Waals surface area contributed by atoms with Gasteiger partial charge in [-0.15, -0.1) is 0 Å². The number of carbonyl (C=O) groups is 1. The maximum absolute atomic E-state index is 12.0. The van der Waals surface area contributed by atoms with E-state index >= 15 is 0 Å². The van der Waals surface area contributed by atoms with Crippen molar-refractivity contribution in [3.63, 3.8) is 0 Å². The van der Waals surface area contributed by atoms with E-state index in [1.165, 1.54) is 5.56 Å². The summed E-state index contributed by atoms with van der Waals surface area (Å²) in [6, 6.07) is 7.63. The van der Waals surface area contributed by atoms with Crippen molar-refractivity contribution >= 4 is 5.97 Å². The summed E-state index contributed by atoms with van der Waals surface area (Å²) in [5, 5.41) is 10.1. The zero-order chi connectivity index (χ0) is 15.2. The topological polar surface area (TPSA) is 46.5 Å². The molecule has 0 radical (unpaired) electrons. The summed E-state index contributed by atoms with van der Waals surface area (Å²) < 4.78 is 5.37. The molecule has 3 nitrogen and oxygen atoms in total. The van der Waals surface area contributed by atoms with E-state index in [1.807, 2.05) is 45.0 Å². The summed E-state index contributed by atoms with van der Waals surface area (Å²) in [4.78, 5) is 12.0. The number of rotatable bonds is 2. The van der Waals surface area contributed by atoms with Crippen molar-refractivity contribution in [2.45, 2.75) is 44.8 Å². The lowest BCUT2D eigenvalue weighted by atomic mass is 9.86. The van der Waals surface area contributed by atoms with Crippen LogP contribution in [0.3, 0.4) is 0 Å². The van der Waals surface area contributed by atoms with Gasteiger partial charge in [0.2, 0.25) is 0 Å². The number of fused-ring (bicyclic) bond motifs is 2. The molecule has 0 aliphatic heterocycles. The van der Waals surface area contributed by atoms with Gasteiger partial charge in [0.05, 0.1) is 11.7 Å². The molecule has 3 heteroatoms. The van der Waals surface area contributed by atoms with Gasteiger partial charge in [-0.25, -0.2) is 4.79 Å². The van der Waals surface area contributed by atoms with E-state index in [-0.39, 0.29) is 18.0 Å². The fourth-order valence-electron chi connectivity index (χ4n) is 3.39. The summed E-state index contributed by atoms with van der Waals surface area (Å²) in [5.74, 6) is 0.595. The number of carbonyl (C=O) groups excluding carboxylic acids is 1. The van der Waals surface area contributed by atoms with Crippen LogP contribution < -0.4 is 0 Å². The Morgan fingerprint density at radius 2 is 1.86 bits per heavy atom. The first-order valence-electron chi connectivity index (χ1n) is 7.55. The number of benzene rings is 1. The van der Waals surface area contributed by atoms with Crippen LogP contribution >= 0.6 is 0 Å². The van der Waals surface area contributed by atoms with Crippen LogP contribution in [-0.4, -0.2) is 22.8 Å². The SMILES string of the molecule is CC(C)(C)OC(=O)c1ccc(C2CC3C=CC2C3O)cc1. The first-order valence-corrected chi connectivity index (χ1v) is 7.55. The molecule has 1 N–H and O–H groups in total. The molecule has 2 aliphatic carbocycles. The number of ether oxygens (including phenoxy) is 1. The molecule has 1 saturated carbocycles. The molecule has 1 aromatic rings. The number of hydrogen-bond donors (Lipinski definition) is 1. The molecule has 21 heavy (non-hydrogen) atoms. The van der Waals surface area contributed by atoms with Crippen LogP contribution in [0.2, 0.25) is 0 Å². The van der Waals surface area contributed by atoms with Gasteiger partial charge in [-0.2, -0.15) is 0 Å². The van der Waals surface area contributed by atoms with Crippen LogP contribution in [0.15, 0.2) is 36.4 Å². The first kappa shape index (κ1) is 14.3. The van der Waals surface area contributed by atoms with Crippen molar-refractivity contribution in [2.24, 2.45) is 11.8 Å². The summed E-state index contributed by atoms with van der Waals surface area (Å²) in [6.45, 7) is 5.59. The van der Waals surface area contributed by atoms with Gasteiger partial charge in [0.15, 0.2) is 0 Å². The number of esters is 1. The van der Waals surface area contributed by atoms with Crippen molar-refractivity contribution in [1.82, 2.24) is 0 Å². The Bertz CT molecular complexity index is 565. The predicted octanol–water partition coefficient (Wildman–Crippen LogP) is 3.29. The molecule has 2 aliphatic rings. The van der Waals surface area contributed by atoms with E-state index in [4.69, 9.17) is 4.74 Å². The maximum Gasteiger partial charge on any atom is 0.338 e. The zero-order valence-corrected chi connectivity index (χ0v) is 12.7. The quantitative estimate of drug-likeness (QED) is 0.670. The molecule has 0 saturated heterocycles. The van der Waals surface area contributed by atoms with Gasteiger partial charge >= 0.3 is 5.97 Å². The highest BCUT2D eigenvalue weighted by atomic mass is 16.6. The Balaban J connectivity index is 1.73. The standard InChI is InChI=1S/C18H22O3/c1-18(2,3)21-17(20)12-6-4-11(5-7-12)15-10-13-8-9-14(15)16(13)19/h4-9,13-16,19H,10H2,1-3H3. The lowest BCUT2D eigenvalue weighted by Gasteiger charge is -2.21. The summed E-state index contributed by atoms with van der Waals surface area (Å²) in [7, 11) is 0. The lowest BCUT2D eigenvalue weighted by molar-refractivity contribution is 0.00695. The average Bonchev–Trinajstić information content (AvgIpc) is 2.93. The Morgan fingerprint density at radius 3 is 2.33 bits per heavy atom. The van der Waals surface area contributed by atoms with Crippen molar-refractivity contribution in [3.05, 3.63) is 47.5 Å². The fraction of sp³-hybridized carbons (Fsp3) is 0.500. The second-order valence-electron chi connectivity index (χ2n) is 7.08. The van der Waals surface area contributed by atoms with Crippen LogP contribution in [-0.2, 0) is 4.74 Å². The second-order valence-corrected chi connectivity index (χ2v) is 7.08. The monoisotopic (exact) mass is 286 g/mol. The molecule has 1 aromatic carbocycles. The van der Waals surface area contributed by atoms with Crippen molar-refractivity contribution in [1.29, 1.82) is 0 Å². The highest BCUT2D eigenvalue weighted by Gasteiger charge is 2.44. The lowest BCUT2D eigenvalue weighted by Crippen LogP contribution is -2.23. The van der Waals surface area contributed by atoms with Crippen LogP contribution in [0, 0.1) is 11.8 Å². The molecule has 0 spiro atoms. The van der Waals surface area contributed by atoms with Crippen molar-refractivity contribution < 1.29 is 14.6 Å². The molecule has 2 bridgehead atoms. The van der Waals surface area contributed by atoms with Crippen LogP contribution in [0.25, 0.3) is 0 Å². The highest BCUT2D eigenvalue weighted by Crippen LogP contribution is 2.48. The third kappa shape index (κ3) is 2.75. The van der Waals surface area contributed by atoms with E-state index in [0.717, 1.165) is 6.42 Å². The summed E-state index contributed by atoms with van der Waals surface area (Å²) in [6.07, 6.45) is 5.01. The summed E-state index contributed by atoms with van der Waals surface area (Å²) in [5.41, 5.74) is 1.29. The van der Waals surface area contributed by atoms with E-state index < -0.39 is 5.60 Å². The maximum atomic E-state index is 12.0. The van der Waals surface area contributed by atoms with Crippen molar-refractivity contribution in [3.8, 4) is 0 Å². The number of aliphatic hydroxyl groups is 1. The molecular weight excluding hydrogens is 264 g/mol. The van der Waals surface area contributed by atoms with E-state index in [9.17, 15) is 9.90 Å². The highest BCUT2D eigenvalue weighted by molar-refractivity contribution is 5.89. The Morgan fingerprint density at radius 1 is 1.19 bits per heavy atom. The first-order chi connectivity index (χ1) is 9.85. The largest absolute Gasteiger partial charge is 0.456 e. The number of hydrogen-bond acceptors (Lipinski definition) is 3. The minimum absolute atomic E-state index is 0.224. The smallest absolute Gasteiger partial charge is 0.338 e. The summed E-state index contributed by atoms with van der Waals surface area (Å²) >= 11 is 0. The Labute approximate surface area is 125 Å². The molecule has 4 unspecified atom stereocenters.